The maximum Gasteiger partial charge on any atom is 0.490 e. The van der Waals surface area contributed by atoms with Crippen molar-refractivity contribution in [3.63, 3.8) is 0 Å². The number of carboxylic acids is 3. The van der Waals surface area contributed by atoms with Crippen LogP contribution in [0.4, 0.5) is 50.0 Å². The minimum atomic E-state index is -5.08. The highest BCUT2D eigenvalue weighted by atomic mass is 19.4. The van der Waals surface area contributed by atoms with Gasteiger partial charge in [0, 0.05) is 67.5 Å². The average molecular weight is 879 g/mol. The van der Waals surface area contributed by atoms with Crippen LogP contribution in [-0.4, -0.2) is 129 Å². The number of carboxylic acid groups (broad SMARTS) is 3. The standard InChI is InChI=1S/C31H36N8O.3C2HF3O2/c1-32-15-16-39-20-27(29(36-39)22-9-11-24(12-10-22)34-31(40)38(4)5)25-13-14-33-30-26(25)18-28(35-30)23-8-6-7-21(17-23)19-37(2)3;3*3-2(4,5)1(6)7/h6-14,17-18,20,32H,15-16,19H2,1-5H3,(H,33,35)(H,34,40);3*(H,6,7). The molecule has 24 heteroatoms. The van der Waals surface area contributed by atoms with Crippen LogP contribution in [0.5, 0.6) is 0 Å². The molecule has 0 bridgehead atoms. The van der Waals surface area contributed by atoms with Crippen molar-refractivity contribution in [3.05, 3.63) is 78.6 Å². The summed E-state index contributed by atoms with van der Waals surface area (Å²) in [5.41, 5.74) is 8.92. The lowest BCUT2D eigenvalue weighted by molar-refractivity contribution is -0.193. The van der Waals surface area contributed by atoms with E-state index in [1.54, 1.807) is 14.1 Å². The lowest BCUT2D eigenvalue weighted by Crippen LogP contribution is -2.27. The van der Waals surface area contributed by atoms with E-state index in [2.05, 4.69) is 82.2 Å². The van der Waals surface area contributed by atoms with Gasteiger partial charge in [-0.3, -0.25) is 4.68 Å². The Balaban J connectivity index is 0.000000502. The predicted molar refractivity (Wildman–Crippen MR) is 203 cm³/mol. The molecule has 0 aliphatic carbocycles. The van der Waals surface area contributed by atoms with E-state index in [4.69, 9.17) is 34.8 Å². The van der Waals surface area contributed by atoms with Crippen LogP contribution in [0.15, 0.2) is 73.1 Å². The van der Waals surface area contributed by atoms with Crippen LogP contribution in [0.1, 0.15) is 5.56 Å². The third kappa shape index (κ3) is 16.1. The molecule has 0 saturated heterocycles. The van der Waals surface area contributed by atoms with E-state index < -0.39 is 36.4 Å². The lowest BCUT2D eigenvalue weighted by atomic mass is 9.99. The van der Waals surface area contributed by atoms with E-state index in [0.29, 0.717) is 0 Å². The predicted octanol–water partition coefficient (Wildman–Crippen LogP) is 7.03. The fraction of sp³-hybridized carbons (Fsp3) is 0.297. The first kappa shape index (κ1) is 50.5. The number of urea groups is 1. The van der Waals surface area contributed by atoms with Crippen LogP contribution < -0.4 is 10.6 Å². The second kappa shape index (κ2) is 21.5. The van der Waals surface area contributed by atoms with Crippen LogP contribution >= 0.6 is 0 Å². The molecule has 5 aromatic rings. The number of fused-ring (bicyclic) bond motifs is 1. The summed E-state index contributed by atoms with van der Waals surface area (Å²) in [5, 5.41) is 33.5. The number of pyridine rings is 1. The Morgan fingerprint density at radius 2 is 1.30 bits per heavy atom. The SMILES string of the molecule is CNCCn1cc(-c2ccnc3[nH]c(-c4cccc(CN(C)C)c4)cc23)c(-c2ccc(NC(=O)N(C)C)cc2)n1.O=C(O)C(F)(F)F.O=C(O)C(F)(F)F.O=C(O)C(F)(F)F. The number of likely N-dealkylation sites (N-methyl/N-ethyl adjacent to an activating group) is 1. The molecule has 0 radical (unpaired) electrons. The maximum absolute atomic E-state index is 12.1. The smallest absolute Gasteiger partial charge is 0.475 e. The van der Waals surface area contributed by atoms with Gasteiger partial charge in [0.1, 0.15) is 11.3 Å². The van der Waals surface area contributed by atoms with Gasteiger partial charge in [-0.2, -0.15) is 44.6 Å². The van der Waals surface area contributed by atoms with Crippen molar-refractivity contribution in [1.29, 1.82) is 0 Å². The van der Waals surface area contributed by atoms with Gasteiger partial charge >= 0.3 is 42.5 Å². The number of carbonyl (C=O) groups is 4. The van der Waals surface area contributed by atoms with Crippen LogP contribution in [-0.2, 0) is 27.5 Å². The molecule has 2 amide bonds. The fourth-order valence-corrected chi connectivity index (χ4v) is 4.74. The van der Waals surface area contributed by atoms with E-state index >= 15 is 0 Å². The van der Waals surface area contributed by atoms with Crippen LogP contribution in [0, 0.1) is 0 Å². The van der Waals surface area contributed by atoms with Crippen LogP contribution in [0.2, 0.25) is 0 Å². The number of aromatic nitrogens is 4. The summed E-state index contributed by atoms with van der Waals surface area (Å²) < 4.78 is 97.2. The van der Waals surface area contributed by atoms with E-state index in [0.717, 1.165) is 70.0 Å². The molecule has 0 unspecified atom stereocenters. The third-order valence-electron chi connectivity index (χ3n) is 7.45. The molecule has 0 spiro atoms. The van der Waals surface area contributed by atoms with E-state index in [1.807, 2.05) is 42.2 Å². The Hall–Kier alpha value is -6.69. The highest BCUT2D eigenvalue weighted by Crippen LogP contribution is 2.37. The largest absolute Gasteiger partial charge is 0.490 e. The minimum Gasteiger partial charge on any atom is -0.475 e. The molecule has 0 saturated carbocycles. The molecule has 0 atom stereocenters. The number of H-pyrrole nitrogens is 1. The molecule has 0 aliphatic rings. The number of rotatable bonds is 9. The Labute approximate surface area is 340 Å². The van der Waals surface area contributed by atoms with Crippen molar-refractivity contribution in [2.24, 2.45) is 0 Å². The second-order valence-electron chi connectivity index (χ2n) is 12.8. The average Bonchev–Trinajstić information content (AvgIpc) is 3.79. The molecular formula is C37H39F9N8O7. The summed E-state index contributed by atoms with van der Waals surface area (Å²) in [5.74, 6) is -8.27. The van der Waals surface area contributed by atoms with Gasteiger partial charge in [-0.25, -0.2) is 24.2 Å². The fourth-order valence-electron chi connectivity index (χ4n) is 4.74. The van der Waals surface area contributed by atoms with Gasteiger partial charge in [0.2, 0.25) is 0 Å². The number of aliphatic carboxylic acids is 3. The molecule has 0 aliphatic heterocycles. The zero-order valence-corrected chi connectivity index (χ0v) is 32.7. The highest BCUT2D eigenvalue weighted by molar-refractivity contribution is 5.99. The summed E-state index contributed by atoms with van der Waals surface area (Å²) in [7, 11) is 9.53. The van der Waals surface area contributed by atoms with Crippen molar-refractivity contribution in [2.45, 2.75) is 31.6 Å². The number of halogens is 9. The third-order valence-corrected chi connectivity index (χ3v) is 7.45. The van der Waals surface area contributed by atoms with Crippen molar-refractivity contribution in [1.82, 2.24) is 34.9 Å². The van der Waals surface area contributed by atoms with Crippen LogP contribution in [0.3, 0.4) is 0 Å². The van der Waals surface area contributed by atoms with Gasteiger partial charge in [0.25, 0.3) is 0 Å². The summed E-state index contributed by atoms with van der Waals surface area (Å²) >= 11 is 0. The van der Waals surface area contributed by atoms with Gasteiger partial charge in [0.15, 0.2) is 0 Å². The Morgan fingerprint density at radius 1 is 0.754 bits per heavy atom. The molecule has 5 rings (SSSR count). The number of nitrogens with zero attached hydrogens (tertiary/aromatic N) is 5. The first-order valence-electron chi connectivity index (χ1n) is 17.1. The number of amides is 2. The van der Waals surface area contributed by atoms with Crippen molar-refractivity contribution >= 4 is 40.7 Å². The number of aromatic amines is 1. The van der Waals surface area contributed by atoms with E-state index in [-0.39, 0.29) is 6.03 Å². The Kier molecular flexibility index (Phi) is 17.8. The molecular weight excluding hydrogens is 839 g/mol. The number of anilines is 1. The van der Waals surface area contributed by atoms with Gasteiger partial charge in [-0.15, -0.1) is 0 Å². The molecule has 15 nitrogen and oxygen atoms in total. The van der Waals surface area contributed by atoms with Gasteiger partial charge in [-0.1, -0.05) is 30.3 Å². The van der Waals surface area contributed by atoms with Crippen molar-refractivity contribution in [3.8, 4) is 33.6 Å². The summed E-state index contributed by atoms with van der Waals surface area (Å²) in [6.45, 7) is 2.43. The molecule has 332 valence electrons. The molecule has 3 heterocycles. The number of benzene rings is 2. The summed E-state index contributed by atoms with van der Waals surface area (Å²) in [6, 6.07) is 20.5. The summed E-state index contributed by atoms with van der Waals surface area (Å²) in [6.07, 6.45) is -11.3. The number of nitrogens with one attached hydrogen (secondary N) is 3. The number of carbonyl (C=O) groups excluding carboxylic acids is 1. The molecule has 6 N–H and O–H groups in total. The van der Waals surface area contributed by atoms with Gasteiger partial charge in [0.05, 0.1) is 6.54 Å². The topological polar surface area (TPSA) is 206 Å². The number of hydrogen-bond donors (Lipinski definition) is 6. The first-order valence-corrected chi connectivity index (χ1v) is 17.1. The van der Waals surface area contributed by atoms with Crippen molar-refractivity contribution < 1.29 is 74.0 Å². The molecule has 3 aromatic heterocycles. The Bertz CT molecular complexity index is 2200. The van der Waals surface area contributed by atoms with E-state index in [1.165, 1.54) is 10.5 Å². The maximum atomic E-state index is 12.1. The minimum absolute atomic E-state index is 0.167. The highest BCUT2D eigenvalue weighted by Gasteiger charge is 2.39. The number of alkyl halides is 9. The zero-order chi connectivity index (χ0) is 46.5. The first-order chi connectivity index (χ1) is 28.1. The Morgan fingerprint density at radius 3 is 1.77 bits per heavy atom. The molecule has 61 heavy (non-hydrogen) atoms. The molecule has 2 aromatic carbocycles. The monoisotopic (exact) mass is 878 g/mol. The molecule has 0 fully saturated rings. The van der Waals surface area contributed by atoms with Gasteiger partial charge in [-0.05, 0) is 68.2 Å². The normalized spacial score (nSPS) is 11.3. The van der Waals surface area contributed by atoms with E-state index in [9.17, 15) is 44.3 Å². The second-order valence-corrected chi connectivity index (χ2v) is 12.8. The zero-order valence-electron chi connectivity index (χ0n) is 32.7. The van der Waals surface area contributed by atoms with Crippen molar-refractivity contribution in [2.75, 3.05) is 47.1 Å². The quantitative estimate of drug-likeness (QED) is 0.0829. The summed E-state index contributed by atoms with van der Waals surface area (Å²) in [4.78, 5) is 50.6. The lowest BCUT2D eigenvalue weighted by Gasteiger charge is -2.12. The number of hydrogen-bond acceptors (Lipinski definition) is 8. The van der Waals surface area contributed by atoms with Gasteiger partial charge < -0.3 is 40.7 Å². The van der Waals surface area contributed by atoms with Crippen LogP contribution in [0.25, 0.3) is 44.7 Å².